The second-order valence-corrected chi connectivity index (χ2v) is 5.85. The van der Waals surface area contributed by atoms with E-state index in [4.69, 9.17) is 16.3 Å². The molecule has 0 aromatic carbocycles. The van der Waals surface area contributed by atoms with Gasteiger partial charge in [-0.1, -0.05) is 11.6 Å². The number of nitrogens with zero attached hydrogens (tertiary/aromatic N) is 4. The molecular weight excluding hydrogens is 288 g/mol. The quantitative estimate of drug-likeness (QED) is 0.870. The molecule has 0 N–H and O–H groups in total. The summed E-state index contributed by atoms with van der Waals surface area (Å²) >= 11 is 5.92. The van der Waals surface area contributed by atoms with Crippen molar-refractivity contribution < 1.29 is 4.74 Å². The van der Waals surface area contributed by atoms with Crippen molar-refractivity contribution in [2.24, 2.45) is 7.05 Å². The van der Waals surface area contributed by atoms with Gasteiger partial charge in [-0.15, -0.1) is 0 Å². The van der Waals surface area contributed by atoms with Gasteiger partial charge in [0.1, 0.15) is 11.9 Å². The van der Waals surface area contributed by atoms with E-state index < -0.39 is 0 Å². The highest BCUT2D eigenvalue weighted by molar-refractivity contribution is 6.30. The summed E-state index contributed by atoms with van der Waals surface area (Å²) in [5.41, 5.74) is 1.12. The van der Waals surface area contributed by atoms with Gasteiger partial charge in [-0.3, -0.25) is 14.6 Å². The van der Waals surface area contributed by atoms with Gasteiger partial charge in [0.25, 0.3) is 0 Å². The average Bonchev–Trinajstić information content (AvgIpc) is 2.86. The summed E-state index contributed by atoms with van der Waals surface area (Å²) in [6, 6.07) is 3.88. The molecule has 1 aliphatic heterocycles. The fourth-order valence-electron chi connectivity index (χ4n) is 2.61. The molecule has 3 rings (SSSR count). The van der Waals surface area contributed by atoms with E-state index >= 15 is 0 Å². The maximum atomic E-state index is 5.95. The van der Waals surface area contributed by atoms with Crippen LogP contribution in [0.3, 0.4) is 0 Å². The second-order valence-electron chi connectivity index (χ2n) is 5.41. The van der Waals surface area contributed by atoms with Crippen molar-refractivity contribution in [3.05, 3.63) is 41.4 Å². The highest BCUT2D eigenvalue weighted by Gasteiger charge is 2.21. The van der Waals surface area contributed by atoms with Crippen LogP contribution in [0, 0.1) is 0 Å². The highest BCUT2D eigenvalue weighted by atomic mass is 35.5. The first-order valence-corrected chi connectivity index (χ1v) is 7.55. The molecule has 0 aliphatic carbocycles. The van der Waals surface area contributed by atoms with E-state index in [1.807, 2.05) is 24.0 Å². The van der Waals surface area contributed by atoms with E-state index in [0.29, 0.717) is 5.02 Å². The summed E-state index contributed by atoms with van der Waals surface area (Å²) in [7, 11) is 1.95. The van der Waals surface area contributed by atoms with Crippen molar-refractivity contribution in [1.82, 2.24) is 19.7 Å². The van der Waals surface area contributed by atoms with E-state index in [1.54, 1.807) is 12.4 Å². The molecule has 21 heavy (non-hydrogen) atoms. The van der Waals surface area contributed by atoms with Crippen LogP contribution in [0.4, 0.5) is 0 Å². The largest absolute Gasteiger partial charge is 0.489 e. The van der Waals surface area contributed by atoms with Crippen LogP contribution in [0.5, 0.6) is 5.75 Å². The molecule has 5 nitrogen and oxygen atoms in total. The van der Waals surface area contributed by atoms with Gasteiger partial charge in [-0.25, -0.2) is 0 Å². The van der Waals surface area contributed by atoms with Crippen LogP contribution in [0.25, 0.3) is 0 Å². The predicted molar refractivity (Wildman–Crippen MR) is 81.4 cm³/mol. The van der Waals surface area contributed by atoms with Gasteiger partial charge < -0.3 is 4.74 Å². The summed E-state index contributed by atoms with van der Waals surface area (Å²) in [5.74, 6) is 0.755. The number of aryl methyl sites for hydroxylation is 1. The van der Waals surface area contributed by atoms with Gasteiger partial charge in [-0.05, 0) is 18.9 Å². The Kier molecular flexibility index (Phi) is 4.41. The number of rotatable bonds is 4. The zero-order valence-electron chi connectivity index (χ0n) is 12.1. The van der Waals surface area contributed by atoms with E-state index in [0.717, 1.165) is 43.9 Å². The average molecular weight is 307 g/mol. The van der Waals surface area contributed by atoms with Crippen LogP contribution >= 0.6 is 11.6 Å². The minimum absolute atomic E-state index is 0.241. The van der Waals surface area contributed by atoms with Crippen LogP contribution < -0.4 is 4.74 Å². The number of likely N-dealkylation sites (tertiary alicyclic amines) is 1. The Labute approximate surface area is 129 Å². The Hall–Kier alpha value is -1.59. The summed E-state index contributed by atoms with van der Waals surface area (Å²) in [6.45, 7) is 2.96. The number of piperidine rings is 1. The van der Waals surface area contributed by atoms with Gasteiger partial charge in [0, 0.05) is 45.1 Å². The molecule has 0 amide bonds. The first-order valence-electron chi connectivity index (χ1n) is 7.17. The number of pyridine rings is 1. The molecule has 2 aromatic heterocycles. The summed E-state index contributed by atoms with van der Waals surface area (Å²) in [5, 5.41) is 5.03. The van der Waals surface area contributed by atoms with E-state index in [2.05, 4.69) is 21.0 Å². The summed E-state index contributed by atoms with van der Waals surface area (Å²) < 4.78 is 7.79. The number of hydrogen-bond donors (Lipinski definition) is 0. The molecule has 0 atom stereocenters. The molecule has 0 bridgehead atoms. The molecule has 1 aliphatic rings. The molecule has 0 unspecified atom stereocenters. The van der Waals surface area contributed by atoms with Crippen molar-refractivity contribution in [3.8, 4) is 5.75 Å². The normalized spacial score (nSPS) is 17.0. The van der Waals surface area contributed by atoms with Gasteiger partial charge in [0.2, 0.25) is 0 Å². The van der Waals surface area contributed by atoms with Crippen molar-refractivity contribution in [2.75, 3.05) is 13.1 Å². The van der Waals surface area contributed by atoms with Crippen LogP contribution in [-0.2, 0) is 13.6 Å². The Morgan fingerprint density at radius 1 is 1.33 bits per heavy atom. The topological polar surface area (TPSA) is 43.2 Å². The van der Waals surface area contributed by atoms with Crippen LogP contribution in [0.15, 0.2) is 30.7 Å². The number of ether oxygens (including phenoxy) is 1. The van der Waals surface area contributed by atoms with E-state index in [-0.39, 0.29) is 6.10 Å². The maximum Gasteiger partial charge on any atom is 0.139 e. The summed E-state index contributed by atoms with van der Waals surface area (Å²) in [6.07, 6.45) is 7.58. The molecule has 112 valence electrons. The van der Waals surface area contributed by atoms with Crippen molar-refractivity contribution in [1.29, 1.82) is 0 Å². The Morgan fingerprint density at radius 2 is 2.14 bits per heavy atom. The Morgan fingerprint density at radius 3 is 2.81 bits per heavy atom. The van der Waals surface area contributed by atoms with E-state index in [1.165, 1.54) is 0 Å². The standard InChI is InChI=1S/C15H19ClN4O/c1-19-5-2-13(18-19)11-20-6-3-14(4-7-20)21-15-8-12(16)9-17-10-15/h2,5,8-10,14H,3-4,6-7,11H2,1H3. The highest BCUT2D eigenvalue weighted by Crippen LogP contribution is 2.21. The lowest BCUT2D eigenvalue weighted by Crippen LogP contribution is -2.37. The third-order valence-corrected chi connectivity index (χ3v) is 3.88. The SMILES string of the molecule is Cn1ccc(CN2CCC(Oc3cncc(Cl)c3)CC2)n1. The van der Waals surface area contributed by atoms with Gasteiger partial charge >= 0.3 is 0 Å². The van der Waals surface area contributed by atoms with Gasteiger partial charge in [0.05, 0.1) is 16.9 Å². The van der Waals surface area contributed by atoms with Crippen LogP contribution in [0.1, 0.15) is 18.5 Å². The number of hydrogen-bond acceptors (Lipinski definition) is 4. The molecule has 1 fully saturated rings. The minimum atomic E-state index is 0.241. The third-order valence-electron chi connectivity index (χ3n) is 3.67. The van der Waals surface area contributed by atoms with Crippen LogP contribution in [0.2, 0.25) is 5.02 Å². The molecule has 0 spiro atoms. The maximum absolute atomic E-state index is 5.95. The monoisotopic (exact) mass is 306 g/mol. The number of halogens is 1. The third kappa shape index (κ3) is 3.95. The van der Waals surface area contributed by atoms with Crippen LogP contribution in [-0.4, -0.2) is 38.9 Å². The van der Waals surface area contributed by atoms with Crippen molar-refractivity contribution in [2.45, 2.75) is 25.5 Å². The fourth-order valence-corrected chi connectivity index (χ4v) is 2.77. The first-order chi connectivity index (χ1) is 10.2. The first kappa shape index (κ1) is 14.4. The van der Waals surface area contributed by atoms with Crippen molar-refractivity contribution in [3.63, 3.8) is 0 Å². The van der Waals surface area contributed by atoms with Crippen molar-refractivity contribution >= 4 is 11.6 Å². The minimum Gasteiger partial charge on any atom is -0.489 e. The predicted octanol–water partition coefficient (Wildman–Crippen LogP) is 2.51. The second kappa shape index (κ2) is 6.45. The zero-order valence-corrected chi connectivity index (χ0v) is 12.8. The molecule has 0 saturated carbocycles. The lowest BCUT2D eigenvalue weighted by molar-refractivity contribution is 0.0957. The van der Waals surface area contributed by atoms with Gasteiger partial charge in [-0.2, -0.15) is 5.10 Å². The number of aromatic nitrogens is 3. The lowest BCUT2D eigenvalue weighted by atomic mass is 10.1. The molecule has 6 heteroatoms. The molecule has 1 saturated heterocycles. The Balaban J connectivity index is 1.48. The molecular formula is C15H19ClN4O. The van der Waals surface area contributed by atoms with E-state index in [9.17, 15) is 0 Å². The molecule has 3 heterocycles. The lowest BCUT2D eigenvalue weighted by Gasteiger charge is -2.31. The molecule has 0 radical (unpaired) electrons. The zero-order chi connectivity index (χ0) is 14.7. The summed E-state index contributed by atoms with van der Waals surface area (Å²) in [4.78, 5) is 6.46. The fraction of sp³-hybridized carbons (Fsp3) is 0.467. The van der Waals surface area contributed by atoms with Gasteiger partial charge in [0.15, 0.2) is 0 Å². The smallest absolute Gasteiger partial charge is 0.139 e. The Bertz CT molecular complexity index is 593. The molecule has 2 aromatic rings.